The molecule has 0 bridgehead atoms. The normalized spacial score (nSPS) is 40.8. The van der Waals surface area contributed by atoms with Crippen molar-refractivity contribution in [2.24, 2.45) is 0 Å². The molecule has 2 rings (SSSR count). The summed E-state index contributed by atoms with van der Waals surface area (Å²) in [5, 5.41) is 10.8. The minimum absolute atomic E-state index is 0.646. The van der Waals surface area contributed by atoms with E-state index in [9.17, 15) is 0 Å². The van der Waals surface area contributed by atoms with Gasteiger partial charge in [-0.1, -0.05) is 0 Å². The summed E-state index contributed by atoms with van der Waals surface area (Å²) in [5.74, 6) is 1.27. The van der Waals surface area contributed by atoms with Gasteiger partial charge in [-0.3, -0.25) is 5.32 Å². The molecule has 2 fully saturated rings. The van der Waals surface area contributed by atoms with E-state index in [2.05, 4.69) is 16.0 Å². The van der Waals surface area contributed by atoms with Gasteiger partial charge in [0.1, 0.15) is 0 Å². The Kier molecular flexibility index (Phi) is 2.13. The van der Waals surface area contributed by atoms with Crippen molar-refractivity contribution in [2.45, 2.75) is 11.4 Å². The molecule has 0 aromatic heterocycles. The molecule has 0 amide bonds. The number of rotatable bonds is 1. The molecule has 0 saturated carbocycles. The summed E-state index contributed by atoms with van der Waals surface area (Å²) in [4.78, 5) is 0. The van der Waals surface area contributed by atoms with Crippen LogP contribution in [-0.2, 0) is 0 Å². The molecule has 2 atom stereocenters. The van der Waals surface area contributed by atoms with Gasteiger partial charge >= 0.3 is 0 Å². The Bertz CT molecular complexity index is 93.6. The van der Waals surface area contributed by atoms with Crippen LogP contribution in [0.2, 0.25) is 0 Å². The Morgan fingerprint density at radius 2 is 2.30 bits per heavy atom. The van der Waals surface area contributed by atoms with Crippen molar-refractivity contribution >= 4 is 11.8 Å². The summed E-state index contributed by atoms with van der Waals surface area (Å²) in [6.07, 6.45) is 0. The van der Waals surface area contributed by atoms with Gasteiger partial charge in [-0.05, 0) is 0 Å². The Morgan fingerprint density at radius 1 is 1.30 bits per heavy atom. The molecule has 0 radical (unpaired) electrons. The predicted molar refractivity (Wildman–Crippen MR) is 44.0 cm³/mol. The van der Waals surface area contributed by atoms with Crippen molar-refractivity contribution in [3.63, 3.8) is 0 Å². The first-order chi connectivity index (χ1) is 4.97. The number of thioether (sulfide) groups is 1. The number of nitrogens with one attached hydrogen (secondary N) is 3. The second-order valence-electron chi connectivity index (χ2n) is 2.69. The molecule has 10 heavy (non-hydrogen) atoms. The zero-order valence-electron chi connectivity index (χ0n) is 5.89. The van der Waals surface area contributed by atoms with E-state index in [1.54, 1.807) is 0 Å². The molecule has 2 heterocycles. The van der Waals surface area contributed by atoms with E-state index < -0.39 is 0 Å². The lowest BCUT2D eigenvalue weighted by atomic mass is 10.3. The summed E-state index contributed by atoms with van der Waals surface area (Å²) in [6, 6.07) is 0.646. The summed E-state index contributed by atoms with van der Waals surface area (Å²) in [7, 11) is 0. The zero-order chi connectivity index (χ0) is 6.81. The first-order valence-electron chi connectivity index (χ1n) is 3.76. The lowest BCUT2D eigenvalue weighted by molar-refractivity contribution is 0.548. The van der Waals surface area contributed by atoms with Gasteiger partial charge in [-0.15, -0.1) is 11.8 Å². The SMILES string of the molecule is C1NCC(C2NCCS2)N1. The highest BCUT2D eigenvalue weighted by Gasteiger charge is 2.26. The van der Waals surface area contributed by atoms with Gasteiger partial charge in [0.2, 0.25) is 0 Å². The topological polar surface area (TPSA) is 36.1 Å². The van der Waals surface area contributed by atoms with Gasteiger partial charge < -0.3 is 10.6 Å². The molecule has 3 nitrogen and oxygen atoms in total. The van der Waals surface area contributed by atoms with Gasteiger partial charge in [-0.25, -0.2) is 0 Å². The van der Waals surface area contributed by atoms with Gasteiger partial charge in [0.15, 0.2) is 0 Å². The maximum atomic E-state index is 3.46. The van der Waals surface area contributed by atoms with Crippen LogP contribution in [0, 0.1) is 0 Å². The second kappa shape index (κ2) is 3.09. The molecular weight excluding hydrogens is 146 g/mol. The third-order valence-corrected chi connectivity index (χ3v) is 3.26. The van der Waals surface area contributed by atoms with E-state index in [-0.39, 0.29) is 0 Å². The monoisotopic (exact) mass is 159 g/mol. The third kappa shape index (κ3) is 1.29. The molecule has 2 aliphatic rings. The van der Waals surface area contributed by atoms with Crippen LogP contribution in [0.5, 0.6) is 0 Å². The van der Waals surface area contributed by atoms with Crippen LogP contribution in [0.1, 0.15) is 0 Å². The first kappa shape index (κ1) is 6.91. The smallest absolute Gasteiger partial charge is 0.0701 e. The van der Waals surface area contributed by atoms with E-state index in [4.69, 9.17) is 0 Å². The molecule has 2 aliphatic heterocycles. The van der Waals surface area contributed by atoms with E-state index in [0.717, 1.165) is 13.2 Å². The molecule has 58 valence electrons. The summed E-state index contributed by atoms with van der Waals surface area (Å²) < 4.78 is 0. The fraction of sp³-hybridized carbons (Fsp3) is 1.00. The van der Waals surface area contributed by atoms with Gasteiger partial charge in [-0.2, -0.15) is 0 Å². The van der Waals surface area contributed by atoms with Crippen molar-refractivity contribution in [2.75, 3.05) is 25.5 Å². The van der Waals surface area contributed by atoms with Crippen LogP contribution in [0.15, 0.2) is 0 Å². The summed E-state index contributed by atoms with van der Waals surface area (Å²) >= 11 is 2.03. The quantitative estimate of drug-likeness (QED) is 0.467. The maximum Gasteiger partial charge on any atom is 0.0701 e. The van der Waals surface area contributed by atoms with Crippen molar-refractivity contribution in [3.8, 4) is 0 Å². The molecule has 0 spiro atoms. The maximum absolute atomic E-state index is 3.46. The van der Waals surface area contributed by atoms with Crippen molar-refractivity contribution in [1.29, 1.82) is 0 Å². The largest absolute Gasteiger partial charge is 0.303 e. The minimum Gasteiger partial charge on any atom is -0.303 e. The molecule has 0 aromatic carbocycles. The van der Waals surface area contributed by atoms with Crippen LogP contribution >= 0.6 is 11.8 Å². The minimum atomic E-state index is 0.646. The standard InChI is InChI=1S/C6H13N3S/c1-2-10-6(8-1)5-3-7-4-9-5/h5-9H,1-4H2. The number of hydrogen-bond acceptors (Lipinski definition) is 4. The molecule has 2 unspecified atom stereocenters. The molecule has 0 aliphatic carbocycles. The van der Waals surface area contributed by atoms with Crippen molar-refractivity contribution < 1.29 is 0 Å². The van der Waals surface area contributed by atoms with Crippen molar-refractivity contribution in [3.05, 3.63) is 0 Å². The highest BCUT2D eigenvalue weighted by atomic mass is 32.2. The van der Waals surface area contributed by atoms with Crippen molar-refractivity contribution in [1.82, 2.24) is 16.0 Å². The molecule has 2 saturated heterocycles. The third-order valence-electron chi connectivity index (χ3n) is 1.96. The highest BCUT2D eigenvalue weighted by molar-refractivity contribution is 8.00. The van der Waals surface area contributed by atoms with E-state index >= 15 is 0 Å². The summed E-state index contributed by atoms with van der Waals surface area (Å²) in [5.41, 5.74) is 0. The van der Waals surface area contributed by atoms with Crippen LogP contribution in [0.4, 0.5) is 0 Å². The average molecular weight is 159 g/mol. The van der Waals surface area contributed by atoms with Crippen LogP contribution < -0.4 is 16.0 Å². The Morgan fingerprint density at radius 3 is 2.90 bits per heavy atom. The van der Waals surface area contributed by atoms with Gasteiger partial charge in [0.05, 0.1) is 5.37 Å². The Balaban J connectivity index is 1.85. The van der Waals surface area contributed by atoms with Gasteiger partial charge in [0, 0.05) is 31.6 Å². The summed E-state index contributed by atoms with van der Waals surface area (Å²) in [6.45, 7) is 3.27. The fourth-order valence-electron chi connectivity index (χ4n) is 1.42. The van der Waals surface area contributed by atoms with Crippen LogP contribution in [0.3, 0.4) is 0 Å². The van der Waals surface area contributed by atoms with E-state index in [1.807, 2.05) is 11.8 Å². The lowest BCUT2D eigenvalue weighted by Crippen LogP contribution is -2.41. The predicted octanol–water partition coefficient (Wildman–Crippen LogP) is -0.832. The van der Waals surface area contributed by atoms with Crippen LogP contribution in [-0.4, -0.2) is 36.9 Å². The number of hydrogen-bond donors (Lipinski definition) is 3. The molecule has 4 heteroatoms. The van der Waals surface area contributed by atoms with E-state index in [0.29, 0.717) is 11.4 Å². The zero-order valence-corrected chi connectivity index (χ0v) is 6.71. The second-order valence-corrected chi connectivity index (χ2v) is 3.94. The molecule has 0 aromatic rings. The molecular formula is C6H13N3S. The average Bonchev–Trinajstić information content (AvgIpc) is 2.59. The van der Waals surface area contributed by atoms with E-state index in [1.165, 1.54) is 12.3 Å². The van der Waals surface area contributed by atoms with Crippen LogP contribution in [0.25, 0.3) is 0 Å². The first-order valence-corrected chi connectivity index (χ1v) is 4.81. The Labute approximate surface area is 65.3 Å². The fourth-order valence-corrected chi connectivity index (χ4v) is 2.57. The van der Waals surface area contributed by atoms with Gasteiger partial charge in [0.25, 0.3) is 0 Å². The lowest BCUT2D eigenvalue weighted by Gasteiger charge is -2.16. The Hall–Kier alpha value is 0.230. The molecule has 3 N–H and O–H groups in total. The highest BCUT2D eigenvalue weighted by Crippen LogP contribution is 2.17.